The molecule has 0 aromatic carbocycles. The van der Waals surface area contributed by atoms with Crippen LogP contribution in [-0.4, -0.2) is 35.5 Å². The van der Waals surface area contributed by atoms with Crippen LogP contribution in [0, 0.1) is 6.92 Å². The molecule has 0 aliphatic heterocycles. The standard InChI is InChI=1S/C13H22N4O/c1-8(2)12-11(7-15-10(4)17-12)13(18)16-6-9(3)14-5/h7-9,14H,6H2,1-5H3,(H,16,18). The first-order valence-electron chi connectivity index (χ1n) is 6.24. The van der Waals surface area contributed by atoms with Crippen LogP contribution in [0.2, 0.25) is 0 Å². The van der Waals surface area contributed by atoms with E-state index in [1.165, 1.54) is 0 Å². The highest BCUT2D eigenvalue weighted by Crippen LogP contribution is 2.16. The summed E-state index contributed by atoms with van der Waals surface area (Å²) in [6.07, 6.45) is 1.61. The number of aryl methyl sites for hydroxylation is 1. The number of aromatic nitrogens is 2. The molecule has 5 nitrogen and oxygen atoms in total. The van der Waals surface area contributed by atoms with E-state index in [4.69, 9.17) is 0 Å². The van der Waals surface area contributed by atoms with Crippen LogP contribution in [0.1, 0.15) is 48.6 Å². The van der Waals surface area contributed by atoms with Gasteiger partial charge in [-0.3, -0.25) is 4.79 Å². The second-order valence-corrected chi connectivity index (χ2v) is 4.77. The van der Waals surface area contributed by atoms with Gasteiger partial charge in [-0.2, -0.15) is 0 Å². The van der Waals surface area contributed by atoms with Gasteiger partial charge in [0, 0.05) is 18.8 Å². The molecule has 1 aromatic rings. The lowest BCUT2D eigenvalue weighted by Crippen LogP contribution is -2.37. The molecule has 0 fully saturated rings. The van der Waals surface area contributed by atoms with Crippen molar-refractivity contribution in [3.8, 4) is 0 Å². The quantitative estimate of drug-likeness (QED) is 0.825. The number of likely N-dealkylation sites (N-methyl/N-ethyl adjacent to an activating group) is 1. The van der Waals surface area contributed by atoms with Gasteiger partial charge < -0.3 is 10.6 Å². The van der Waals surface area contributed by atoms with Crippen LogP contribution in [0.25, 0.3) is 0 Å². The summed E-state index contributed by atoms with van der Waals surface area (Å²) >= 11 is 0. The molecule has 5 heteroatoms. The molecule has 2 N–H and O–H groups in total. The Morgan fingerprint density at radius 1 is 1.39 bits per heavy atom. The number of amides is 1. The van der Waals surface area contributed by atoms with E-state index in [0.29, 0.717) is 17.9 Å². The first-order valence-corrected chi connectivity index (χ1v) is 6.24. The van der Waals surface area contributed by atoms with Crippen molar-refractivity contribution in [2.24, 2.45) is 0 Å². The predicted molar refractivity (Wildman–Crippen MR) is 71.7 cm³/mol. The van der Waals surface area contributed by atoms with Gasteiger partial charge in [0.05, 0.1) is 11.3 Å². The molecule has 1 unspecified atom stereocenters. The fourth-order valence-corrected chi connectivity index (χ4v) is 1.55. The van der Waals surface area contributed by atoms with Crippen LogP contribution in [-0.2, 0) is 0 Å². The van der Waals surface area contributed by atoms with Crippen molar-refractivity contribution in [2.45, 2.75) is 39.7 Å². The number of rotatable bonds is 5. The van der Waals surface area contributed by atoms with Crippen LogP contribution >= 0.6 is 0 Å². The summed E-state index contributed by atoms with van der Waals surface area (Å²) in [6.45, 7) is 8.47. The number of hydrogen-bond donors (Lipinski definition) is 2. The normalized spacial score (nSPS) is 12.6. The lowest BCUT2D eigenvalue weighted by molar-refractivity contribution is 0.0948. The monoisotopic (exact) mass is 250 g/mol. The van der Waals surface area contributed by atoms with Crippen molar-refractivity contribution in [1.82, 2.24) is 20.6 Å². The number of carbonyl (C=O) groups is 1. The number of nitrogens with one attached hydrogen (secondary N) is 2. The fraction of sp³-hybridized carbons (Fsp3) is 0.615. The first-order chi connectivity index (χ1) is 8.45. The van der Waals surface area contributed by atoms with E-state index < -0.39 is 0 Å². The molecular weight excluding hydrogens is 228 g/mol. The van der Waals surface area contributed by atoms with Crippen molar-refractivity contribution in [2.75, 3.05) is 13.6 Å². The molecule has 1 aromatic heterocycles. The summed E-state index contributed by atoms with van der Waals surface area (Å²) in [5.41, 5.74) is 1.37. The Kier molecular flexibility index (Phi) is 5.22. The zero-order chi connectivity index (χ0) is 13.7. The Morgan fingerprint density at radius 3 is 2.61 bits per heavy atom. The second kappa shape index (κ2) is 6.44. The highest BCUT2D eigenvalue weighted by atomic mass is 16.1. The summed E-state index contributed by atoms with van der Waals surface area (Å²) in [5, 5.41) is 5.96. The van der Waals surface area contributed by atoms with E-state index in [-0.39, 0.29) is 17.9 Å². The molecule has 18 heavy (non-hydrogen) atoms. The van der Waals surface area contributed by atoms with Crippen molar-refractivity contribution in [3.63, 3.8) is 0 Å². The van der Waals surface area contributed by atoms with Gasteiger partial charge >= 0.3 is 0 Å². The van der Waals surface area contributed by atoms with Gasteiger partial charge in [0.15, 0.2) is 0 Å². The Hall–Kier alpha value is -1.49. The van der Waals surface area contributed by atoms with Crippen molar-refractivity contribution in [3.05, 3.63) is 23.3 Å². The zero-order valence-electron chi connectivity index (χ0n) is 11.7. The molecule has 1 rings (SSSR count). The van der Waals surface area contributed by atoms with E-state index in [9.17, 15) is 4.79 Å². The van der Waals surface area contributed by atoms with Gasteiger partial charge in [-0.1, -0.05) is 13.8 Å². The van der Waals surface area contributed by atoms with E-state index >= 15 is 0 Å². The molecule has 1 heterocycles. The Labute approximate surface area is 108 Å². The third kappa shape index (κ3) is 3.77. The maximum Gasteiger partial charge on any atom is 0.254 e. The summed E-state index contributed by atoms with van der Waals surface area (Å²) in [5.74, 6) is 0.786. The van der Waals surface area contributed by atoms with Crippen LogP contribution in [0.15, 0.2) is 6.20 Å². The van der Waals surface area contributed by atoms with Crippen LogP contribution in [0.5, 0.6) is 0 Å². The molecule has 100 valence electrons. The molecule has 1 atom stereocenters. The third-order valence-electron chi connectivity index (χ3n) is 2.79. The smallest absolute Gasteiger partial charge is 0.254 e. The molecule has 0 saturated carbocycles. The average Bonchev–Trinajstić information content (AvgIpc) is 2.35. The van der Waals surface area contributed by atoms with Gasteiger partial charge in [-0.15, -0.1) is 0 Å². The third-order valence-corrected chi connectivity index (χ3v) is 2.79. The topological polar surface area (TPSA) is 66.9 Å². The first kappa shape index (κ1) is 14.6. The minimum absolute atomic E-state index is 0.110. The Balaban J connectivity index is 2.85. The van der Waals surface area contributed by atoms with Crippen LogP contribution < -0.4 is 10.6 Å². The minimum atomic E-state index is -0.110. The number of carbonyl (C=O) groups excluding carboxylic acids is 1. The van der Waals surface area contributed by atoms with Crippen molar-refractivity contribution in [1.29, 1.82) is 0 Å². The van der Waals surface area contributed by atoms with Crippen LogP contribution in [0.4, 0.5) is 0 Å². The molecule has 0 radical (unpaired) electrons. The summed E-state index contributed by atoms with van der Waals surface area (Å²) in [6, 6.07) is 0.239. The lowest BCUT2D eigenvalue weighted by atomic mass is 10.0. The summed E-state index contributed by atoms with van der Waals surface area (Å²) in [4.78, 5) is 20.5. The molecule has 0 spiro atoms. The lowest BCUT2D eigenvalue weighted by Gasteiger charge is -2.14. The fourth-order valence-electron chi connectivity index (χ4n) is 1.55. The second-order valence-electron chi connectivity index (χ2n) is 4.77. The molecule has 0 aliphatic rings. The van der Waals surface area contributed by atoms with Gasteiger partial charge in [0.1, 0.15) is 5.82 Å². The molecule has 1 amide bonds. The van der Waals surface area contributed by atoms with E-state index in [2.05, 4.69) is 20.6 Å². The van der Waals surface area contributed by atoms with Gasteiger partial charge in [-0.05, 0) is 26.8 Å². The van der Waals surface area contributed by atoms with Crippen molar-refractivity contribution < 1.29 is 4.79 Å². The SMILES string of the molecule is CNC(C)CNC(=O)c1cnc(C)nc1C(C)C. The highest BCUT2D eigenvalue weighted by molar-refractivity contribution is 5.95. The highest BCUT2D eigenvalue weighted by Gasteiger charge is 2.16. The predicted octanol–water partition coefficient (Wildman–Crippen LogP) is 1.25. The van der Waals surface area contributed by atoms with Crippen LogP contribution in [0.3, 0.4) is 0 Å². The Morgan fingerprint density at radius 2 is 2.06 bits per heavy atom. The summed E-state index contributed by atoms with van der Waals surface area (Å²) in [7, 11) is 1.87. The van der Waals surface area contributed by atoms with E-state index in [1.54, 1.807) is 6.20 Å². The average molecular weight is 250 g/mol. The zero-order valence-corrected chi connectivity index (χ0v) is 11.7. The molecular formula is C13H22N4O. The minimum Gasteiger partial charge on any atom is -0.350 e. The maximum absolute atomic E-state index is 12.1. The molecule has 0 aliphatic carbocycles. The van der Waals surface area contributed by atoms with Gasteiger partial charge in [-0.25, -0.2) is 9.97 Å². The van der Waals surface area contributed by atoms with Gasteiger partial charge in [0.25, 0.3) is 5.91 Å². The maximum atomic E-state index is 12.1. The van der Waals surface area contributed by atoms with E-state index in [0.717, 1.165) is 5.69 Å². The van der Waals surface area contributed by atoms with E-state index in [1.807, 2.05) is 34.7 Å². The number of nitrogens with zero attached hydrogens (tertiary/aromatic N) is 2. The molecule has 0 saturated heterocycles. The number of hydrogen-bond acceptors (Lipinski definition) is 4. The summed E-state index contributed by atoms with van der Waals surface area (Å²) < 4.78 is 0. The largest absolute Gasteiger partial charge is 0.350 e. The van der Waals surface area contributed by atoms with Crippen molar-refractivity contribution >= 4 is 5.91 Å². The molecule has 0 bridgehead atoms. The Bertz CT molecular complexity index is 417. The van der Waals surface area contributed by atoms with Gasteiger partial charge in [0.2, 0.25) is 0 Å².